The van der Waals surface area contributed by atoms with E-state index in [0.717, 1.165) is 32.7 Å². The number of nitrogens with one attached hydrogen (secondary N) is 1. The fraction of sp³-hybridized carbons (Fsp3) is 0.625. The maximum absolute atomic E-state index is 5.58. The normalized spacial score (nSPS) is 21.2. The van der Waals surface area contributed by atoms with Crippen LogP contribution < -0.4 is 5.32 Å². The lowest BCUT2D eigenvalue weighted by atomic mass is 9.99. The monoisotopic (exact) mass is 262 g/mol. The molecule has 1 fully saturated rings. The van der Waals surface area contributed by atoms with Crippen molar-refractivity contribution in [2.75, 3.05) is 33.4 Å². The van der Waals surface area contributed by atoms with Crippen LogP contribution in [0, 0.1) is 0 Å². The average Bonchev–Trinajstić information content (AvgIpc) is 2.42. The summed E-state index contributed by atoms with van der Waals surface area (Å²) in [5.74, 6) is 0. The van der Waals surface area contributed by atoms with Crippen LogP contribution in [0.2, 0.25) is 0 Å². The van der Waals surface area contributed by atoms with Gasteiger partial charge in [-0.1, -0.05) is 30.3 Å². The van der Waals surface area contributed by atoms with Gasteiger partial charge >= 0.3 is 0 Å². The van der Waals surface area contributed by atoms with Gasteiger partial charge in [0.25, 0.3) is 0 Å². The van der Waals surface area contributed by atoms with Crippen molar-refractivity contribution in [1.82, 2.24) is 10.2 Å². The largest absolute Gasteiger partial charge is 0.378 e. The molecule has 0 aromatic heterocycles. The van der Waals surface area contributed by atoms with Crippen LogP contribution >= 0.6 is 0 Å². The minimum absolute atomic E-state index is 0.160. The summed E-state index contributed by atoms with van der Waals surface area (Å²) >= 11 is 0. The Morgan fingerprint density at radius 2 is 2.05 bits per heavy atom. The van der Waals surface area contributed by atoms with Gasteiger partial charge in [-0.3, -0.25) is 4.90 Å². The van der Waals surface area contributed by atoms with Crippen molar-refractivity contribution in [2.24, 2.45) is 0 Å². The molecule has 1 atom stereocenters. The van der Waals surface area contributed by atoms with Gasteiger partial charge in [0.05, 0.1) is 13.2 Å². The lowest BCUT2D eigenvalue weighted by molar-refractivity contribution is -0.0520. The summed E-state index contributed by atoms with van der Waals surface area (Å²) in [6.45, 7) is 8.38. The first-order valence-electron chi connectivity index (χ1n) is 7.18. The maximum Gasteiger partial charge on any atom is 0.0645 e. The summed E-state index contributed by atoms with van der Waals surface area (Å²) in [5.41, 5.74) is 1.53. The summed E-state index contributed by atoms with van der Waals surface area (Å²) in [6, 6.07) is 11.1. The standard InChI is InChI=1S/C16H26N2O/c1-16(2)13-19-12-11-18(16)10-9-15(17-3)14-7-5-4-6-8-14/h4-8,15,17H,9-13H2,1-3H3. The highest BCUT2D eigenvalue weighted by Gasteiger charge is 2.30. The summed E-state index contributed by atoms with van der Waals surface area (Å²) < 4.78 is 5.58. The lowest BCUT2D eigenvalue weighted by Gasteiger charge is -2.42. The Morgan fingerprint density at radius 3 is 2.68 bits per heavy atom. The van der Waals surface area contributed by atoms with Crippen molar-refractivity contribution in [2.45, 2.75) is 31.8 Å². The van der Waals surface area contributed by atoms with Crippen molar-refractivity contribution in [3.8, 4) is 0 Å². The van der Waals surface area contributed by atoms with E-state index in [1.54, 1.807) is 0 Å². The Labute approximate surface area is 116 Å². The van der Waals surface area contributed by atoms with E-state index in [2.05, 4.69) is 54.4 Å². The molecule has 0 radical (unpaired) electrons. The van der Waals surface area contributed by atoms with Gasteiger partial charge in [-0.05, 0) is 32.9 Å². The molecule has 3 heteroatoms. The Balaban J connectivity index is 1.93. The van der Waals surface area contributed by atoms with Crippen molar-refractivity contribution in [3.63, 3.8) is 0 Å². The average molecular weight is 262 g/mol. The molecule has 1 aliphatic heterocycles. The first-order valence-corrected chi connectivity index (χ1v) is 7.18. The van der Waals surface area contributed by atoms with Gasteiger partial charge < -0.3 is 10.1 Å². The van der Waals surface area contributed by atoms with Crippen LogP contribution in [0.5, 0.6) is 0 Å². The third-order valence-electron chi connectivity index (χ3n) is 4.05. The van der Waals surface area contributed by atoms with Crippen LogP contribution in [-0.2, 0) is 4.74 Å². The molecule has 1 N–H and O–H groups in total. The zero-order valence-corrected chi connectivity index (χ0v) is 12.4. The van der Waals surface area contributed by atoms with Crippen LogP contribution in [0.25, 0.3) is 0 Å². The molecule has 1 aromatic rings. The molecule has 1 aromatic carbocycles. The summed E-state index contributed by atoms with van der Waals surface area (Å²) in [7, 11) is 2.04. The molecule has 3 nitrogen and oxygen atoms in total. The van der Waals surface area contributed by atoms with E-state index in [1.807, 2.05) is 7.05 Å². The molecule has 0 saturated carbocycles. The number of hydrogen-bond donors (Lipinski definition) is 1. The second-order valence-electron chi connectivity index (χ2n) is 5.89. The number of morpholine rings is 1. The SMILES string of the molecule is CNC(CCN1CCOCC1(C)C)c1ccccc1. The Hall–Kier alpha value is -0.900. The summed E-state index contributed by atoms with van der Waals surface area (Å²) in [6.07, 6.45) is 1.13. The van der Waals surface area contributed by atoms with E-state index >= 15 is 0 Å². The smallest absolute Gasteiger partial charge is 0.0645 e. The number of benzene rings is 1. The molecule has 1 aliphatic rings. The van der Waals surface area contributed by atoms with Crippen molar-refractivity contribution in [1.29, 1.82) is 0 Å². The van der Waals surface area contributed by atoms with Crippen molar-refractivity contribution < 1.29 is 4.74 Å². The molecule has 106 valence electrons. The van der Waals surface area contributed by atoms with Crippen molar-refractivity contribution >= 4 is 0 Å². The minimum atomic E-state index is 0.160. The second-order valence-corrected chi connectivity index (χ2v) is 5.89. The molecule has 1 unspecified atom stereocenters. The Kier molecular flexibility index (Phi) is 4.97. The van der Waals surface area contributed by atoms with Gasteiger partial charge in [-0.2, -0.15) is 0 Å². The van der Waals surface area contributed by atoms with E-state index in [0.29, 0.717) is 6.04 Å². The predicted molar refractivity (Wildman–Crippen MR) is 79.3 cm³/mol. The Bertz CT molecular complexity index is 378. The summed E-state index contributed by atoms with van der Waals surface area (Å²) in [5, 5.41) is 3.43. The molecular weight excluding hydrogens is 236 g/mol. The molecule has 0 amide bonds. The van der Waals surface area contributed by atoms with Gasteiger partial charge in [0.1, 0.15) is 0 Å². The number of nitrogens with zero attached hydrogens (tertiary/aromatic N) is 1. The molecule has 0 spiro atoms. The van der Waals surface area contributed by atoms with Crippen molar-refractivity contribution in [3.05, 3.63) is 35.9 Å². The topological polar surface area (TPSA) is 24.5 Å². The van der Waals surface area contributed by atoms with E-state index in [-0.39, 0.29) is 5.54 Å². The fourth-order valence-electron chi connectivity index (χ4n) is 2.75. The highest BCUT2D eigenvalue weighted by atomic mass is 16.5. The van der Waals surface area contributed by atoms with Crippen LogP contribution in [0.3, 0.4) is 0 Å². The van der Waals surface area contributed by atoms with Gasteiger partial charge in [-0.15, -0.1) is 0 Å². The zero-order valence-electron chi connectivity index (χ0n) is 12.4. The van der Waals surface area contributed by atoms with Gasteiger partial charge in [0, 0.05) is 24.7 Å². The number of rotatable bonds is 5. The van der Waals surface area contributed by atoms with E-state index in [9.17, 15) is 0 Å². The highest BCUT2D eigenvalue weighted by molar-refractivity contribution is 5.18. The van der Waals surface area contributed by atoms with Crippen LogP contribution in [0.4, 0.5) is 0 Å². The third-order valence-corrected chi connectivity index (χ3v) is 4.05. The molecule has 0 bridgehead atoms. The maximum atomic E-state index is 5.58. The first-order chi connectivity index (χ1) is 9.13. The summed E-state index contributed by atoms with van der Waals surface area (Å²) in [4.78, 5) is 2.55. The number of hydrogen-bond acceptors (Lipinski definition) is 3. The predicted octanol–water partition coefficient (Wildman–Crippen LogP) is 2.45. The van der Waals surface area contributed by atoms with E-state index in [4.69, 9.17) is 4.74 Å². The van der Waals surface area contributed by atoms with E-state index < -0.39 is 0 Å². The quantitative estimate of drug-likeness (QED) is 0.882. The van der Waals surface area contributed by atoms with Gasteiger partial charge in [-0.25, -0.2) is 0 Å². The molecule has 1 saturated heterocycles. The number of ether oxygens (including phenoxy) is 1. The molecule has 2 rings (SSSR count). The van der Waals surface area contributed by atoms with Crippen LogP contribution in [-0.4, -0.2) is 43.8 Å². The van der Waals surface area contributed by atoms with Gasteiger partial charge in [0.2, 0.25) is 0 Å². The van der Waals surface area contributed by atoms with Gasteiger partial charge in [0.15, 0.2) is 0 Å². The van der Waals surface area contributed by atoms with E-state index in [1.165, 1.54) is 5.56 Å². The molecular formula is C16H26N2O. The lowest BCUT2D eigenvalue weighted by Crippen LogP contribution is -2.53. The molecule has 0 aliphatic carbocycles. The third kappa shape index (κ3) is 3.78. The second kappa shape index (κ2) is 6.51. The minimum Gasteiger partial charge on any atom is -0.378 e. The van der Waals surface area contributed by atoms with Crippen LogP contribution in [0.1, 0.15) is 31.9 Å². The molecule has 1 heterocycles. The first kappa shape index (κ1) is 14.5. The Morgan fingerprint density at radius 1 is 1.32 bits per heavy atom. The zero-order chi connectivity index (χ0) is 13.7. The highest BCUT2D eigenvalue weighted by Crippen LogP contribution is 2.22. The molecule has 19 heavy (non-hydrogen) atoms. The fourth-order valence-corrected chi connectivity index (χ4v) is 2.75. The van der Waals surface area contributed by atoms with Crippen LogP contribution in [0.15, 0.2) is 30.3 Å².